The number of hydrogen-bond acceptors (Lipinski definition) is 16. The molecule has 17 atom stereocenters. The Kier molecular flexibility index (Phi) is 14.6. The van der Waals surface area contributed by atoms with E-state index in [0.717, 1.165) is 12.8 Å². The highest BCUT2D eigenvalue weighted by molar-refractivity contribution is 6.32. The predicted molar refractivity (Wildman–Crippen MR) is 240 cm³/mol. The second-order valence-corrected chi connectivity index (χ2v) is 20.1. The molecule has 0 amide bonds. The zero-order chi connectivity index (χ0) is 49.0. The molecule has 4 heterocycles. The van der Waals surface area contributed by atoms with E-state index in [9.17, 15) is 44.7 Å². The molecule has 3 fully saturated rings. The molecule has 0 aromatic heterocycles. The van der Waals surface area contributed by atoms with Crippen molar-refractivity contribution in [3.63, 3.8) is 0 Å². The normalized spacial score (nSPS) is 41.1. The van der Waals surface area contributed by atoms with E-state index in [0.29, 0.717) is 42.7 Å². The number of rotatable bonds is 8. The molecule has 5 N–H and O–H groups in total. The molecule has 2 bridgehead atoms. The van der Waals surface area contributed by atoms with Crippen LogP contribution >= 0.6 is 11.6 Å². The molecule has 8 rings (SSSR count). The molecule has 372 valence electrons. The van der Waals surface area contributed by atoms with E-state index in [2.05, 4.69) is 0 Å². The van der Waals surface area contributed by atoms with Gasteiger partial charge in [-0.1, -0.05) is 61.7 Å². The summed E-state index contributed by atoms with van der Waals surface area (Å²) in [7, 11) is 1.41. The van der Waals surface area contributed by atoms with Crippen LogP contribution in [0.5, 0.6) is 5.75 Å². The Morgan fingerprint density at radius 3 is 2.40 bits per heavy atom. The predicted octanol–water partition coefficient (Wildman–Crippen LogP) is 5.93. The van der Waals surface area contributed by atoms with Crippen LogP contribution < -0.4 is 4.74 Å². The number of carboxylic acid groups (broad SMARTS) is 1. The lowest BCUT2D eigenvalue weighted by molar-refractivity contribution is -0.343. The van der Waals surface area contributed by atoms with Crippen LogP contribution in [0.15, 0.2) is 59.6 Å². The number of fused-ring (bicyclic) bond motifs is 3. The first kappa shape index (κ1) is 50.1. The van der Waals surface area contributed by atoms with Crippen molar-refractivity contribution in [2.75, 3.05) is 7.11 Å². The van der Waals surface area contributed by atoms with Gasteiger partial charge in [0.15, 0.2) is 23.9 Å². The first-order chi connectivity index (χ1) is 32.3. The Balaban J connectivity index is 0.968. The number of methoxy groups -OCH3 is 1. The van der Waals surface area contributed by atoms with E-state index in [-0.39, 0.29) is 47.5 Å². The fourth-order valence-corrected chi connectivity index (χ4v) is 11.8. The van der Waals surface area contributed by atoms with Gasteiger partial charge in [0.05, 0.1) is 30.8 Å². The number of hydrogen-bond donors (Lipinski definition) is 5. The summed E-state index contributed by atoms with van der Waals surface area (Å²) in [5.74, 6) is -6.97. The third kappa shape index (κ3) is 9.02. The largest absolute Gasteiger partial charge is 0.505 e. The molecule has 68 heavy (non-hydrogen) atoms. The van der Waals surface area contributed by atoms with Gasteiger partial charge in [0, 0.05) is 35.3 Å². The smallest absolute Gasteiger partial charge is 0.379 e. The molecule has 1 saturated carbocycles. The summed E-state index contributed by atoms with van der Waals surface area (Å²) in [6.45, 7) is 8.39. The number of carboxylic acids is 1. The molecule has 18 heteroatoms. The number of benzene rings is 1. The molecule has 4 aliphatic heterocycles. The Morgan fingerprint density at radius 1 is 0.897 bits per heavy atom. The van der Waals surface area contributed by atoms with E-state index < -0.39 is 120 Å². The van der Waals surface area contributed by atoms with Crippen LogP contribution in [0.1, 0.15) is 101 Å². The second kappa shape index (κ2) is 19.8. The average Bonchev–Trinajstić information content (AvgIpc) is 3.52. The van der Waals surface area contributed by atoms with Gasteiger partial charge in [0.25, 0.3) is 5.76 Å². The summed E-state index contributed by atoms with van der Waals surface area (Å²) < 4.78 is 47.9. The number of aliphatic carboxylic acids is 1. The van der Waals surface area contributed by atoms with Gasteiger partial charge in [-0.2, -0.15) is 0 Å². The highest BCUT2D eigenvalue weighted by Crippen LogP contribution is 2.55. The SMILES string of the molecule is COc1ccc(Cl)c(C)c1C(=O)OC1CC(OC2C(C)OC(OC3CCCC4C3C=CC3CCCC/C=C\C5C=C(C(=O)O)C(C)CC56OC(=O)C(=C6O)OC(=O)C34C)C(O)C2O)OC(C)C1O. The first-order valence-corrected chi connectivity index (χ1v) is 24.1. The van der Waals surface area contributed by atoms with Gasteiger partial charge in [-0.25, -0.2) is 14.4 Å². The topological polar surface area (TPSA) is 243 Å². The van der Waals surface area contributed by atoms with E-state index >= 15 is 0 Å². The van der Waals surface area contributed by atoms with Crippen molar-refractivity contribution in [1.82, 2.24) is 0 Å². The zero-order valence-corrected chi connectivity index (χ0v) is 39.8. The molecular weight excluding hydrogens is 908 g/mol. The monoisotopic (exact) mass is 970 g/mol. The number of ether oxygens (including phenoxy) is 8. The summed E-state index contributed by atoms with van der Waals surface area (Å²) in [5, 5.41) is 56.2. The fraction of sp³-hybridized carbons (Fsp3) is 0.640. The summed E-state index contributed by atoms with van der Waals surface area (Å²) in [4.78, 5) is 54.0. The van der Waals surface area contributed by atoms with Crippen LogP contribution in [-0.2, 0) is 47.5 Å². The molecule has 1 aromatic rings. The molecule has 1 spiro atoms. The summed E-state index contributed by atoms with van der Waals surface area (Å²) >= 11 is 6.29. The quantitative estimate of drug-likeness (QED) is 0.115. The minimum absolute atomic E-state index is 0.0304. The average molecular weight is 971 g/mol. The molecule has 1 aromatic carbocycles. The molecule has 17 nitrogen and oxygen atoms in total. The van der Waals surface area contributed by atoms with Crippen LogP contribution in [0.2, 0.25) is 5.02 Å². The number of esters is 3. The molecule has 3 aliphatic carbocycles. The molecule has 2 saturated heterocycles. The number of halogens is 1. The number of carbonyl (C=O) groups is 4. The third-order valence-electron chi connectivity index (χ3n) is 15.6. The molecule has 17 unspecified atom stereocenters. The molecular formula is C50H63ClO17. The van der Waals surface area contributed by atoms with Crippen molar-refractivity contribution in [1.29, 1.82) is 0 Å². The van der Waals surface area contributed by atoms with E-state index in [4.69, 9.17) is 49.5 Å². The van der Waals surface area contributed by atoms with Crippen molar-refractivity contribution < 1.29 is 82.6 Å². The second-order valence-electron chi connectivity index (χ2n) is 19.7. The number of aliphatic hydroxyl groups excluding tert-OH is 4. The molecule has 0 radical (unpaired) electrons. The minimum Gasteiger partial charge on any atom is -0.505 e. The summed E-state index contributed by atoms with van der Waals surface area (Å²) in [5.41, 5.74) is -2.17. The third-order valence-corrected chi connectivity index (χ3v) is 16.0. The maximum Gasteiger partial charge on any atom is 0.379 e. The highest BCUT2D eigenvalue weighted by Gasteiger charge is 2.60. The number of aliphatic hydroxyl groups is 4. The van der Waals surface area contributed by atoms with Crippen LogP contribution in [0.25, 0.3) is 0 Å². The van der Waals surface area contributed by atoms with Crippen LogP contribution in [0, 0.1) is 41.9 Å². The van der Waals surface area contributed by atoms with Crippen molar-refractivity contribution in [3.05, 3.63) is 75.8 Å². The zero-order valence-electron chi connectivity index (χ0n) is 39.1. The Hall–Kier alpha value is -4.33. The lowest BCUT2D eigenvalue weighted by Gasteiger charge is -2.51. The van der Waals surface area contributed by atoms with Gasteiger partial charge in [-0.05, 0) is 95.2 Å². The maximum atomic E-state index is 14.8. The van der Waals surface area contributed by atoms with E-state index in [1.807, 2.05) is 25.2 Å². The summed E-state index contributed by atoms with van der Waals surface area (Å²) in [6.07, 6.45) is 2.29. The lowest BCUT2D eigenvalue weighted by atomic mass is 9.55. The van der Waals surface area contributed by atoms with Crippen LogP contribution in [-0.4, -0.2) is 124 Å². The van der Waals surface area contributed by atoms with Crippen LogP contribution in [0.3, 0.4) is 0 Å². The van der Waals surface area contributed by atoms with Gasteiger partial charge < -0.3 is 63.4 Å². The van der Waals surface area contributed by atoms with Gasteiger partial charge in [0.2, 0.25) is 0 Å². The van der Waals surface area contributed by atoms with Gasteiger partial charge >= 0.3 is 23.9 Å². The Labute approximate surface area is 400 Å². The lowest BCUT2D eigenvalue weighted by Crippen LogP contribution is -2.61. The van der Waals surface area contributed by atoms with Gasteiger partial charge in [-0.3, -0.25) is 4.79 Å². The van der Waals surface area contributed by atoms with Crippen molar-refractivity contribution in [2.24, 2.45) is 35.0 Å². The number of carbonyl (C=O) groups excluding carboxylic acids is 3. The Morgan fingerprint density at radius 2 is 1.66 bits per heavy atom. The van der Waals surface area contributed by atoms with Gasteiger partial charge in [0.1, 0.15) is 41.8 Å². The maximum absolute atomic E-state index is 14.8. The number of allylic oxidation sites excluding steroid dienone is 2. The summed E-state index contributed by atoms with van der Waals surface area (Å²) in [6, 6.07) is 3.14. The van der Waals surface area contributed by atoms with Crippen molar-refractivity contribution in [3.8, 4) is 5.75 Å². The fourth-order valence-electron chi connectivity index (χ4n) is 11.6. The first-order valence-electron chi connectivity index (χ1n) is 23.7. The van der Waals surface area contributed by atoms with Crippen LogP contribution in [0.4, 0.5) is 0 Å². The minimum atomic E-state index is -1.65. The molecule has 7 aliphatic rings. The van der Waals surface area contributed by atoms with E-state index in [1.54, 1.807) is 45.9 Å². The van der Waals surface area contributed by atoms with E-state index in [1.165, 1.54) is 13.2 Å². The van der Waals surface area contributed by atoms with Crippen molar-refractivity contribution in [2.45, 2.75) is 159 Å². The standard InChI is InChI=1S/C50H63ClO17/c1-23-22-50-28(20-30(23)44(56)57)13-10-8-7-9-12-27-16-17-29-31(49(27,5)48(60)67-42(43(50)55)46(59)68-50)14-11-15-33(29)65-47-40(54)39(53)41(26(4)63-47)66-36-21-35(38(52)25(3)62-36)64-45(58)37-24(2)32(51)18-19-34(37)61-6/h10,13,16-20,23,25-29,31,33,35-36,38-41,47,52-55H,7-9,11-12,14-15,21-22H2,1-6H3,(H,56,57)/b13-10-. The Bertz CT molecular complexity index is 2260. The van der Waals surface area contributed by atoms with Crippen molar-refractivity contribution >= 4 is 35.5 Å². The highest BCUT2D eigenvalue weighted by atomic mass is 35.5. The van der Waals surface area contributed by atoms with Gasteiger partial charge in [-0.15, -0.1) is 0 Å².